The number of fused-ring (bicyclic) bond motifs is 1. The number of ether oxygens (including phenoxy) is 2. The number of anilines is 5. The van der Waals surface area contributed by atoms with E-state index in [0.717, 1.165) is 5.56 Å². The summed E-state index contributed by atoms with van der Waals surface area (Å²) in [4.78, 5) is 22.8. The highest BCUT2D eigenvalue weighted by atomic mass is 32.2. The van der Waals surface area contributed by atoms with Crippen molar-refractivity contribution < 1.29 is 22.7 Å². The monoisotopic (exact) mass is 598 g/mol. The molecule has 220 valence electrons. The number of aromatic nitrogens is 2. The molecule has 0 spiro atoms. The Balaban J connectivity index is 1.54. The molecule has 0 bridgehead atoms. The molecule has 5 rings (SSSR count). The van der Waals surface area contributed by atoms with Gasteiger partial charge >= 0.3 is 0 Å². The van der Waals surface area contributed by atoms with Crippen LogP contribution in [-0.2, 0) is 14.8 Å². The van der Waals surface area contributed by atoms with Crippen molar-refractivity contribution in [2.24, 2.45) is 5.73 Å². The molecule has 11 nitrogen and oxygen atoms in total. The third-order valence-electron chi connectivity index (χ3n) is 6.48. The van der Waals surface area contributed by atoms with Gasteiger partial charge in [-0.1, -0.05) is 30.3 Å². The Morgan fingerprint density at radius 3 is 2.02 bits per heavy atom. The maximum absolute atomic E-state index is 13.8. The van der Waals surface area contributed by atoms with Gasteiger partial charge in [0.1, 0.15) is 18.0 Å². The van der Waals surface area contributed by atoms with E-state index in [1.807, 2.05) is 37.3 Å². The highest BCUT2D eigenvalue weighted by molar-refractivity contribution is 7.92. The number of carbonyl (C=O) groups is 1. The number of hydrogen-bond acceptors (Lipinski definition) is 9. The molecule has 0 aliphatic heterocycles. The van der Waals surface area contributed by atoms with E-state index in [1.165, 1.54) is 26.4 Å². The molecule has 0 unspecified atom stereocenters. The number of rotatable bonds is 11. The molecular formula is C31H30N6O5S. The van der Waals surface area contributed by atoms with Crippen LogP contribution in [0.1, 0.15) is 5.56 Å². The SMILES string of the molecule is COc1cc(Nc2nc3ccccc3nc2NS(=O)(=O)c2cccc(N(CC(N)=O)c3cccc(C)c3)c2)cc(OC)c1. The predicted molar refractivity (Wildman–Crippen MR) is 167 cm³/mol. The highest BCUT2D eigenvalue weighted by Crippen LogP contribution is 2.33. The predicted octanol–water partition coefficient (Wildman–Crippen LogP) is 5.12. The molecule has 1 heterocycles. The average Bonchev–Trinajstić information content (AvgIpc) is 2.99. The van der Waals surface area contributed by atoms with E-state index in [0.29, 0.717) is 39.6 Å². The van der Waals surface area contributed by atoms with E-state index in [9.17, 15) is 13.2 Å². The standard InChI is InChI=1S/C31H30N6O5S/c1-20-8-6-9-22(14-20)37(19-29(32)38)23-10-7-11-26(17-23)43(39,40)36-31-30(34-27-12-4-5-13-28(27)35-31)33-21-15-24(41-2)18-25(16-21)42-3/h4-18H,19H2,1-3H3,(H2,32,38)(H,33,34)(H,35,36). The Morgan fingerprint density at radius 1 is 0.814 bits per heavy atom. The number of amides is 1. The first-order chi connectivity index (χ1) is 20.6. The van der Waals surface area contributed by atoms with E-state index in [4.69, 9.17) is 15.2 Å². The number of carbonyl (C=O) groups excluding carboxylic acids is 1. The molecule has 1 aromatic heterocycles. The average molecular weight is 599 g/mol. The minimum absolute atomic E-state index is 0.0152. The molecule has 0 aliphatic rings. The Kier molecular flexibility index (Phi) is 8.30. The van der Waals surface area contributed by atoms with Gasteiger partial charge in [-0.25, -0.2) is 18.4 Å². The number of sulfonamides is 1. The lowest BCUT2D eigenvalue weighted by Crippen LogP contribution is -2.30. The Bertz CT molecular complexity index is 1890. The largest absolute Gasteiger partial charge is 0.497 e. The number of hydrogen-bond donors (Lipinski definition) is 3. The second kappa shape index (κ2) is 12.2. The molecule has 0 saturated heterocycles. The molecule has 0 atom stereocenters. The van der Waals surface area contributed by atoms with Crippen LogP contribution >= 0.6 is 0 Å². The summed E-state index contributed by atoms with van der Waals surface area (Å²) in [7, 11) is -1.12. The van der Waals surface area contributed by atoms with Crippen LogP contribution in [0.5, 0.6) is 11.5 Å². The summed E-state index contributed by atoms with van der Waals surface area (Å²) >= 11 is 0. The van der Waals surface area contributed by atoms with Gasteiger partial charge in [0, 0.05) is 35.3 Å². The van der Waals surface area contributed by atoms with Crippen molar-refractivity contribution in [1.29, 1.82) is 0 Å². The van der Waals surface area contributed by atoms with Crippen LogP contribution in [-0.4, -0.2) is 45.1 Å². The van der Waals surface area contributed by atoms with Gasteiger partial charge in [-0.05, 0) is 55.0 Å². The molecule has 0 fully saturated rings. The summed E-state index contributed by atoms with van der Waals surface area (Å²) < 4.78 is 40.9. The molecular weight excluding hydrogens is 568 g/mol. The lowest BCUT2D eigenvalue weighted by Gasteiger charge is -2.24. The molecule has 0 saturated carbocycles. The van der Waals surface area contributed by atoms with Crippen LogP contribution in [0.4, 0.5) is 28.7 Å². The van der Waals surface area contributed by atoms with Crippen LogP contribution in [0.3, 0.4) is 0 Å². The van der Waals surface area contributed by atoms with E-state index in [1.54, 1.807) is 53.4 Å². The quantitative estimate of drug-likeness (QED) is 0.188. The van der Waals surface area contributed by atoms with Gasteiger partial charge in [0.15, 0.2) is 11.6 Å². The fraction of sp³-hybridized carbons (Fsp3) is 0.129. The second-order valence-corrected chi connectivity index (χ2v) is 11.3. The van der Waals surface area contributed by atoms with E-state index in [2.05, 4.69) is 20.0 Å². The molecule has 0 aliphatic carbocycles. The van der Waals surface area contributed by atoms with Gasteiger partial charge in [0.25, 0.3) is 10.0 Å². The maximum atomic E-state index is 13.8. The summed E-state index contributed by atoms with van der Waals surface area (Å²) in [6.45, 7) is 1.78. The Hall–Kier alpha value is -5.36. The Labute approximate surface area is 249 Å². The zero-order valence-electron chi connectivity index (χ0n) is 23.7. The number of nitrogens with one attached hydrogen (secondary N) is 2. The number of methoxy groups -OCH3 is 2. The maximum Gasteiger partial charge on any atom is 0.263 e. The molecule has 4 aromatic carbocycles. The molecule has 43 heavy (non-hydrogen) atoms. The first kappa shape index (κ1) is 29.1. The van der Waals surface area contributed by atoms with Crippen molar-refractivity contribution in [2.45, 2.75) is 11.8 Å². The number of aryl methyl sites for hydroxylation is 1. The number of para-hydroxylation sites is 2. The van der Waals surface area contributed by atoms with Gasteiger partial charge < -0.3 is 25.4 Å². The summed E-state index contributed by atoms with van der Waals surface area (Å²) in [5.74, 6) is 0.652. The van der Waals surface area contributed by atoms with Crippen LogP contribution in [0.15, 0.2) is 95.9 Å². The van der Waals surface area contributed by atoms with E-state index in [-0.39, 0.29) is 23.1 Å². The van der Waals surface area contributed by atoms with Gasteiger partial charge in [-0.3, -0.25) is 9.52 Å². The van der Waals surface area contributed by atoms with Crippen LogP contribution in [0.25, 0.3) is 11.0 Å². The van der Waals surface area contributed by atoms with E-state index >= 15 is 0 Å². The van der Waals surface area contributed by atoms with Crippen molar-refractivity contribution in [3.8, 4) is 11.5 Å². The highest BCUT2D eigenvalue weighted by Gasteiger charge is 2.22. The third kappa shape index (κ3) is 6.76. The number of nitrogens with two attached hydrogens (primary N) is 1. The summed E-state index contributed by atoms with van der Waals surface area (Å²) in [5, 5.41) is 3.15. The molecule has 1 amide bonds. The van der Waals surface area contributed by atoms with Crippen LogP contribution in [0, 0.1) is 6.92 Å². The smallest absolute Gasteiger partial charge is 0.263 e. The summed E-state index contributed by atoms with van der Waals surface area (Å²) in [6, 6.07) is 26.0. The van der Waals surface area contributed by atoms with Gasteiger partial charge in [-0.2, -0.15) is 0 Å². The summed E-state index contributed by atoms with van der Waals surface area (Å²) in [5.41, 5.74) is 9.29. The summed E-state index contributed by atoms with van der Waals surface area (Å²) in [6.07, 6.45) is 0. The second-order valence-electron chi connectivity index (χ2n) is 9.63. The topological polar surface area (TPSA) is 149 Å². The first-order valence-corrected chi connectivity index (χ1v) is 14.7. The van der Waals surface area contributed by atoms with Crippen molar-refractivity contribution in [1.82, 2.24) is 9.97 Å². The fourth-order valence-corrected chi connectivity index (χ4v) is 5.51. The number of primary amides is 1. The molecule has 0 radical (unpaired) electrons. The van der Waals surface area contributed by atoms with Crippen LogP contribution < -0.4 is 30.1 Å². The van der Waals surface area contributed by atoms with Gasteiger partial charge in [0.05, 0.1) is 30.1 Å². The van der Waals surface area contributed by atoms with Gasteiger partial charge in [0.2, 0.25) is 5.91 Å². The van der Waals surface area contributed by atoms with Crippen molar-refractivity contribution >= 4 is 55.7 Å². The fourth-order valence-electron chi connectivity index (χ4n) is 4.46. The first-order valence-electron chi connectivity index (χ1n) is 13.2. The molecule has 12 heteroatoms. The minimum Gasteiger partial charge on any atom is -0.497 e. The van der Waals surface area contributed by atoms with Crippen molar-refractivity contribution in [2.75, 3.05) is 35.7 Å². The Morgan fingerprint density at radius 2 is 1.42 bits per heavy atom. The zero-order valence-corrected chi connectivity index (χ0v) is 24.6. The normalized spacial score (nSPS) is 11.1. The van der Waals surface area contributed by atoms with E-state index < -0.39 is 15.9 Å². The number of nitrogens with zero attached hydrogens (tertiary/aromatic N) is 3. The lowest BCUT2D eigenvalue weighted by atomic mass is 10.2. The lowest BCUT2D eigenvalue weighted by molar-refractivity contribution is -0.116. The molecule has 4 N–H and O–H groups in total. The zero-order chi connectivity index (χ0) is 30.6. The van der Waals surface area contributed by atoms with Crippen LogP contribution in [0.2, 0.25) is 0 Å². The van der Waals surface area contributed by atoms with Gasteiger partial charge in [-0.15, -0.1) is 0 Å². The van der Waals surface area contributed by atoms with Crippen molar-refractivity contribution in [3.63, 3.8) is 0 Å². The molecule has 5 aromatic rings. The number of benzene rings is 4. The third-order valence-corrected chi connectivity index (χ3v) is 7.82. The van der Waals surface area contributed by atoms with Crippen molar-refractivity contribution in [3.05, 3.63) is 96.6 Å². The minimum atomic E-state index is -4.18.